The molecule has 2 atom stereocenters. The van der Waals surface area contributed by atoms with Crippen molar-refractivity contribution in [1.29, 1.82) is 0 Å². The van der Waals surface area contributed by atoms with Crippen LogP contribution >= 0.6 is 0 Å². The van der Waals surface area contributed by atoms with Crippen molar-refractivity contribution in [2.45, 2.75) is 6.04 Å². The Morgan fingerprint density at radius 2 is 2.44 bits per heavy atom. The van der Waals surface area contributed by atoms with Gasteiger partial charge in [-0.25, -0.2) is 0 Å². The van der Waals surface area contributed by atoms with Gasteiger partial charge in [-0.2, -0.15) is 0 Å². The minimum atomic E-state index is 0.661. The van der Waals surface area contributed by atoms with E-state index in [2.05, 4.69) is 21.3 Å². The van der Waals surface area contributed by atoms with Crippen LogP contribution in [0.5, 0.6) is 0 Å². The molecule has 0 aliphatic carbocycles. The van der Waals surface area contributed by atoms with Crippen LogP contribution in [-0.4, -0.2) is 30.7 Å². The molecular weight excluding hydrogens is 202 g/mol. The van der Waals surface area contributed by atoms with Gasteiger partial charge in [0.1, 0.15) is 5.52 Å². The van der Waals surface area contributed by atoms with Gasteiger partial charge in [-0.1, -0.05) is 0 Å². The van der Waals surface area contributed by atoms with Gasteiger partial charge in [0.2, 0.25) is 0 Å². The van der Waals surface area contributed by atoms with E-state index in [9.17, 15) is 0 Å². The third-order valence-electron chi connectivity index (χ3n) is 3.76. The summed E-state index contributed by atoms with van der Waals surface area (Å²) in [5, 5.41) is 3.43. The highest BCUT2D eigenvalue weighted by Gasteiger charge is 2.42. The van der Waals surface area contributed by atoms with Gasteiger partial charge in [-0.3, -0.25) is 4.98 Å². The molecule has 2 aliphatic rings. The van der Waals surface area contributed by atoms with E-state index in [0.717, 1.165) is 36.7 Å². The van der Waals surface area contributed by atoms with Crippen molar-refractivity contribution in [2.24, 2.45) is 5.92 Å². The second kappa shape index (κ2) is 2.98. The third kappa shape index (κ3) is 1.05. The Balaban J connectivity index is 1.71. The molecule has 0 unspecified atom stereocenters. The smallest absolute Gasteiger partial charge is 0.154 e. The molecule has 2 aliphatic heterocycles. The molecule has 0 radical (unpaired) electrons. The largest absolute Gasteiger partial charge is 0.463 e. The number of hydrogen-bond acceptors (Lipinski definition) is 4. The SMILES string of the molecule is c1cc2ncc(N3C[C@H]4CNC[C@H]43)cc2o1. The lowest BCUT2D eigenvalue weighted by Gasteiger charge is -2.45. The molecule has 1 N–H and O–H groups in total. The Morgan fingerprint density at radius 1 is 1.44 bits per heavy atom. The molecule has 0 amide bonds. The zero-order chi connectivity index (χ0) is 10.5. The van der Waals surface area contributed by atoms with E-state index >= 15 is 0 Å². The first kappa shape index (κ1) is 8.58. The quantitative estimate of drug-likeness (QED) is 0.777. The second-order valence-electron chi connectivity index (χ2n) is 4.64. The van der Waals surface area contributed by atoms with Crippen LogP contribution in [0.25, 0.3) is 11.1 Å². The van der Waals surface area contributed by atoms with Gasteiger partial charge in [0, 0.05) is 43.7 Å². The Morgan fingerprint density at radius 3 is 3.38 bits per heavy atom. The van der Waals surface area contributed by atoms with Crippen LogP contribution in [-0.2, 0) is 0 Å². The zero-order valence-corrected chi connectivity index (χ0v) is 8.89. The monoisotopic (exact) mass is 215 g/mol. The van der Waals surface area contributed by atoms with Crippen LogP contribution in [0.1, 0.15) is 0 Å². The van der Waals surface area contributed by atoms with Gasteiger partial charge in [0.25, 0.3) is 0 Å². The molecule has 16 heavy (non-hydrogen) atoms. The second-order valence-corrected chi connectivity index (χ2v) is 4.64. The summed E-state index contributed by atoms with van der Waals surface area (Å²) in [6, 6.07) is 4.65. The van der Waals surface area contributed by atoms with Crippen LogP contribution in [0.15, 0.2) is 29.0 Å². The van der Waals surface area contributed by atoms with E-state index in [1.807, 2.05) is 12.3 Å². The Labute approximate surface area is 93.2 Å². The van der Waals surface area contributed by atoms with E-state index in [1.54, 1.807) is 6.26 Å². The van der Waals surface area contributed by atoms with Crippen molar-refractivity contribution in [3.8, 4) is 0 Å². The van der Waals surface area contributed by atoms with Gasteiger partial charge in [-0.15, -0.1) is 0 Å². The van der Waals surface area contributed by atoms with Crippen molar-refractivity contribution >= 4 is 16.8 Å². The molecule has 2 saturated heterocycles. The van der Waals surface area contributed by atoms with Crippen molar-refractivity contribution < 1.29 is 4.42 Å². The molecule has 0 saturated carbocycles. The van der Waals surface area contributed by atoms with E-state index in [0.29, 0.717) is 6.04 Å². The Hall–Kier alpha value is -1.55. The summed E-state index contributed by atoms with van der Waals surface area (Å²) in [5.41, 5.74) is 3.00. The van der Waals surface area contributed by atoms with Crippen molar-refractivity contribution in [3.63, 3.8) is 0 Å². The number of rotatable bonds is 1. The van der Waals surface area contributed by atoms with Crippen LogP contribution < -0.4 is 10.2 Å². The summed E-state index contributed by atoms with van der Waals surface area (Å²) < 4.78 is 5.38. The maximum absolute atomic E-state index is 5.38. The predicted octanol–water partition coefficient (Wildman–Crippen LogP) is 1.24. The fourth-order valence-corrected chi connectivity index (χ4v) is 2.81. The lowest BCUT2D eigenvalue weighted by molar-refractivity contribution is 0.365. The first-order valence-electron chi connectivity index (χ1n) is 5.72. The van der Waals surface area contributed by atoms with Gasteiger partial charge < -0.3 is 14.6 Å². The van der Waals surface area contributed by atoms with Gasteiger partial charge >= 0.3 is 0 Å². The lowest BCUT2D eigenvalue weighted by atomic mass is 9.91. The number of nitrogens with zero attached hydrogens (tertiary/aromatic N) is 2. The predicted molar refractivity (Wildman–Crippen MR) is 61.5 cm³/mol. The van der Waals surface area contributed by atoms with Crippen molar-refractivity contribution in [3.05, 3.63) is 24.6 Å². The highest BCUT2D eigenvalue weighted by Crippen LogP contribution is 2.33. The lowest BCUT2D eigenvalue weighted by Crippen LogP contribution is -2.55. The average Bonchev–Trinajstić information content (AvgIpc) is 2.85. The van der Waals surface area contributed by atoms with Gasteiger partial charge in [0.05, 0.1) is 18.1 Å². The summed E-state index contributed by atoms with van der Waals surface area (Å²) in [6.07, 6.45) is 3.64. The molecule has 4 heteroatoms. The minimum absolute atomic E-state index is 0.661. The Kier molecular flexibility index (Phi) is 1.60. The molecule has 0 bridgehead atoms. The normalized spacial score (nSPS) is 28.1. The number of fused-ring (bicyclic) bond motifs is 2. The minimum Gasteiger partial charge on any atom is -0.463 e. The first-order valence-corrected chi connectivity index (χ1v) is 5.72. The number of pyridine rings is 1. The maximum Gasteiger partial charge on any atom is 0.154 e. The molecule has 4 rings (SSSR count). The van der Waals surface area contributed by atoms with Crippen molar-refractivity contribution in [2.75, 3.05) is 24.5 Å². The van der Waals surface area contributed by atoms with E-state index < -0.39 is 0 Å². The summed E-state index contributed by atoms with van der Waals surface area (Å²) in [7, 11) is 0. The fraction of sp³-hybridized carbons (Fsp3) is 0.417. The number of aromatic nitrogens is 1. The van der Waals surface area contributed by atoms with Crippen LogP contribution in [0, 0.1) is 5.92 Å². The number of anilines is 1. The summed E-state index contributed by atoms with van der Waals surface area (Å²) in [5.74, 6) is 0.826. The topological polar surface area (TPSA) is 41.3 Å². The standard InChI is InChI=1S/C12H13N3O/c1-2-16-12-3-9(5-14-10(1)12)15-7-8-4-13-6-11(8)15/h1-3,5,8,11,13H,4,6-7H2/t8-,11-/m1/s1. The number of nitrogens with one attached hydrogen (secondary N) is 1. The van der Waals surface area contributed by atoms with Crippen LogP contribution in [0.2, 0.25) is 0 Å². The molecule has 4 nitrogen and oxygen atoms in total. The number of furan rings is 1. The van der Waals surface area contributed by atoms with Gasteiger partial charge in [-0.05, 0) is 0 Å². The van der Waals surface area contributed by atoms with E-state index in [-0.39, 0.29) is 0 Å². The molecule has 2 fully saturated rings. The molecule has 0 spiro atoms. The van der Waals surface area contributed by atoms with Gasteiger partial charge in [0.15, 0.2) is 5.58 Å². The molecular formula is C12H13N3O. The molecule has 2 aromatic rings. The highest BCUT2D eigenvalue weighted by atomic mass is 16.3. The Bertz CT molecular complexity index is 536. The fourth-order valence-electron chi connectivity index (χ4n) is 2.81. The van der Waals surface area contributed by atoms with E-state index in [4.69, 9.17) is 4.42 Å². The van der Waals surface area contributed by atoms with Crippen LogP contribution in [0.3, 0.4) is 0 Å². The summed E-state index contributed by atoms with van der Waals surface area (Å²) in [6.45, 7) is 3.41. The number of hydrogen-bond donors (Lipinski definition) is 1. The molecule has 82 valence electrons. The summed E-state index contributed by atoms with van der Waals surface area (Å²) in [4.78, 5) is 6.82. The molecule has 0 aromatic carbocycles. The van der Waals surface area contributed by atoms with Crippen molar-refractivity contribution in [1.82, 2.24) is 10.3 Å². The molecule has 4 heterocycles. The first-order chi connectivity index (χ1) is 7.92. The zero-order valence-electron chi connectivity index (χ0n) is 8.89. The summed E-state index contributed by atoms with van der Waals surface area (Å²) >= 11 is 0. The third-order valence-corrected chi connectivity index (χ3v) is 3.76. The van der Waals surface area contributed by atoms with E-state index in [1.165, 1.54) is 5.69 Å². The molecule has 2 aromatic heterocycles. The maximum atomic E-state index is 5.38. The highest BCUT2D eigenvalue weighted by molar-refractivity contribution is 5.76. The average molecular weight is 215 g/mol. The van der Waals surface area contributed by atoms with Crippen LogP contribution in [0.4, 0.5) is 5.69 Å².